The Hall–Kier alpha value is -15.5. The van der Waals surface area contributed by atoms with Crippen molar-refractivity contribution in [1.29, 1.82) is 26.3 Å². The summed E-state index contributed by atoms with van der Waals surface area (Å²) in [5, 5.41) is 46.5. The van der Waals surface area contributed by atoms with Gasteiger partial charge in [0.2, 0.25) is 0 Å². The third-order valence-corrected chi connectivity index (χ3v) is 27.4. The van der Waals surface area contributed by atoms with Gasteiger partial charge in [0.15, 0.2) is 0 Å². The first-order chi connectivity index (χ1) is 64.9. The molecule has 20 rings (SSSR count). The van der Waals surface area contributed by atoms with Crippen LogP contribution in [0.3, 0.4) is 0 Å². The molecular formula is C119H119N15. The third kappa shape index (κ3) is 17.6. The van der Waals surface area contributed by atoms with Gasteiger partial charge in [-0.1, -0.05) is 216 Å². The molecule has 0 aromatic heterocycles. The van der Waals surface area contributed by atoms with Crippen molar-refractivity contribution in [1.82, 2.24) is 0 Å². The zero-order chi connectivity index (χ0) is 94.4. The van der Waals surface area contributed by atoms with E-state index in [9.17, 15) is 15.8 Å². The van der Waals surface area contributed by atoms with E-state index in [0.717, 1.165) is 56.4 Å². The topological polar surface area (TPSA) is 151 Å². The van der Waals surface area contributed by atoms with E-state index in [0.29, 0.717) is 46.2 Å². The molecule has 14 aromatic rings. The molecule has 0 spiro atoms. The molecule has 0 N–H and O–H groups in total. The number of hydrogen-bond donors (Lipinski definition) is 0. The highest BCUT2D eigenvalue weighted by atomic mass is 15.5. The summed E-state index contributed by atoms with van der Waals surface area (Å²) in [6, 6.07) is 119. The van der Waals surface area contributed by atoms with E-state index in [-0.39, 0.29) is 30.8 Å². The fraction of sp³-hybridized carbons (Fsp3) is 0.252. The molecule has 0 bridgehead atoms. The second-order valence-corrected chi connectivity index (χ2v) is 36.7. The van der Waals surface area contributed by atoms with Crippen LogP contribution in [0.25, 0.3) is 22.3 Å². The highest BCUT2D eigenvalue weighted by molar-refractivity contribution is 6.00. The van der Waals surface area contributed by atoms with Crippen molar-refractivity contribution in [3.8, 4) is 52.6 Å². The van der Waals surface area contributed by atoms with E-state index in [4.69, 9.17) is 10.5 Å². The molecule has 0 unspecified atom stereocenters. The minimum atomic E-state index is -0.0163. The first-order valence-corrected chi connectivity index (χ1v) is 47.1. The fourth-order valence-electron chi connectivity index (χ4n) is 20.9. The van der Waals surface area contributed by atoms with Gasteiger partial charge in [-0.25, -0.2) is 0 Å². The van der Waals surface area contributed by atoms with Crippen LogP contribution in [0.1, 0.15) is 180 Å². The lowest BCUT2D eigenvalue weighted by molar-refractivity contribution is 0.554. The van der Waals surface area contributed by atoms with Gasteiger partial charge >= 0.3 is 0 Å². The first kappa shape index (κ1) is 91.8. The van der Waals surface area contributed by atoms with Gasteiger partial charge in [-0.05, 0) is 291 Å². The Balaban J connectivity index is 0.000000124. The van der Waals surface area contributed by atoms with Crippen LogP contribution in [0.15, 0.2) is 309 Å². The Bertz CT molecular complexity index is 6790. The number of benzene rings is 14. The van der Waals surface area contributed by atoms with E-state index in [2.05, 4.69) is 428 Å². The third-order valence-electron chi connectivity index (χ3n) is 27.4. The molecule has 5 atom stereocenters. The summed E-state index contributed by atoms with van der Waals surface area (Å²) in [6.07, 6.45) is 6.09. The summed E-state index contributed by atoms with van der Waals surface area (Å²) in [5.74, 6) is 0.844. The SMILES string of the molecule is Cc1cc(C#N)ccc1N1c2ccccc2N(C(C)C)[C@H]1C.Cc1cc(C#N)ccc1N1c2ccccc2N(C)[C@H]1C.Cc1ccc(C#N)cc1N1c2ccccc2N(C2CCCC2)[C@H]1C.Cc1ccc(C#N)cc1N1c2ccccc2N(c2c(-c3ccccc3)cccc2-c2ccccc2)[C@H]1C.Cc1ccc(C#N)cc1N1c2ccccc2N(c2c(C(C)C)cccc2C(C)C)[C@H]1C. The number of fused-ring (bicyclic) bond motifs is 5. The van der Waals surface area contributed by atoms with Crippen molar-refractivity contribution in [2.75, 3.05) is 56.0 Å². The predicted octanol–water partition coefficient (Wildman–Crippen LogP) is 30.1. The van der Waals surface area contributed by atoms with Gasteiger partial charge in [0.1, 0.15) is 30.8 Å². The summed E-state index contributed by atoms with van der Waals surface area (Å²) >= 11 is 0. The minimum absolute atomic E-state index is 0.0163. The molecule has 15 nitrogen and oxygen atoms in total. The van der Waals surface area contributed by atoms with Gasteiger partial charge in [0.05, 0.1) is 126 Å². The lowest BCUT2D eigenvalue weighted by Crippen LogP contribution is -2.44. The molecule has 1 fully saturated rings. The largest absolute Gasteiger partial charge is 0.353 e. The quantitative estimate of drug-likeness (QED) is 0.108. The Morgan fingerprint density at radius 2 is 0.567 bits per heavy atom. The molecule has 5 heterocycles. The van der Waals surface area contributed by atoms with Crippen molar-refractivity contribution in [2.24, 2.45) is 0 Å². The molecule has 0 saturated heterocycles. The molecule has 0 amide bonds. The van der Waals surface area contributed by atoms with Crippen molar-refractivity contribution < 1.29 is 0 Å². The fourth-order valence-corrected chi connectivity index (χ4v) is 20.9. The monoisotopic (exact) mass is 1760 g/mol. The molecule has 670 valence electrons. The number of rotatable bonds is 13. The zero-order valence-corrected chi connectivity index (χ0v) is 80.2. The van der Waals surface area contributed by atoms with E-state index in [1.54, 1.807) is 0 Å². The highest BCUT2D eigenvalue weighted by Crippen LogP contribution is 2.57. The summed E-state index contributed by atoms with van der Waals surface area (Å²) in [5.41, 5.74) is 37.1. The number of anilines is 17. The van der Waals surface area contributed by atoms with Crippen molar-refractivity contribution in [3.63, 3.8) is 0 Å². The average molecular weight is 1760 g/mol. The van der Waals surface area contributed by atoms with Crippen LogP contribution in [0.5, 0.6) is 0 Å². The zero-order valence-electron chi connectivity index (χ0n) is 80.2. The summed E-state index contributed by atoms with van der Waals surface area (Å²) < 4.78 is 0. The summed E-state index contributed by atoms with van der Waals surface area (Å²) in [7, 11) is 2.11. The Morgan fingerprint density at radius 1 is 0.261 bits per heavy atom. The van der Waals surface area contributed by atoms with Crippen molar-refractivity contribution in [3.05, 3.63) is 376 Å². The standard InChI is InChI=1S/C34H27N3.C28H31N3.C21H23N3.C19H21N3.C17H17N3/c1-24-20-21-26(23-35)22-33(24)36-25(2)37(32-19-10-9-18-31(32)36)34-29(27-12-5-3-6-13-27)16-11-17-30(34)28-14-7-4-8-15-28;1-18(2)23-10-9-11-24(19(3)4)28(23)31-21(6)30(25-12-7-8-13-26(25)31)27-16-22(17-29)15-14-20(27)5;1-15-11-12-17(14-22)13-21(15)24-16(2)23(18-7-3-4-8-18)19-9-5-6-10-20(19)24;1-13(2)21-15(4)22(19-8-6-5-7-18(19)21)17-10-9-16(12-20)11-14(17)3;1-12-10-14(11-18)8-9-15(12)20-13(2)19(3)16-6-4-5-7-17(16)20/h3-22,25H,1-2H3;7-16,18-19,21H,1-6H3;5-6,9-13,16,18H,3-4,7-8H2,1-2H3;5-11,13,15H,1-4H3;4-10,13H,1-3H3/t25-;21-;16-;15-;13-/m00111/s1. The number of nitriles is 5. The summed E-state index contributed by atoms with van der Waals surface area (Å²) in [4.78, 5) is 24.1. The van der Waals surface area contributed by atoms with Gasteiger partial charge in [-0.2, -0.15) is 26.3 Å². The number of hydrogen-bond acceptors (Lipinski definition) is 15. The average Bonchev–Trinajstić information content (AvgIpc) is 1.60. The van der Waals surface area contributed by atoms with Crippen molar-refractivity contribution in [2.45, 2.75) is 191 Å². The molecule has 14 aromatic carbocycles. The molecule has 134 heavy (non-hydrogen) atoms. The van der Waals surface area contributed by atoms with Crippen LogP contribution in [-0.4, -0.2) is 50.0 Å². The lowest BCUT2D eigenvalue weighted by atomic mass is 9.91. The normalized spacial score (nSPS) is 16.5. The lowest BCUT2D eigenvalue weighted by Gasteiger charge is -2.35. The van der Waals surface area contributed by atoms with Gasteiger partial charge in [0.25, 0.3) is 0 Å². The van der Waals surface area contributed by atoms with E-state index in [1.807, 2.05) is 78.9 Å². The second kappa shape index (κ2) is 39.7. The smallest absolute Gasteiger partial charge is 0.108 e. The van der Waals surface area contributed by atoms with Crippen LogP contribution in [0.2, 0.25) is 0 Å². The van der Waals surface area contributed by atoms with Gasteiger partial charge in [-0.3, -0.25) is 0 Å². The summed E-state index contributed by atoms with van der Waals surface area (Å²) in [6.45, 7) is 35.3. The van der Waals surface area contributed by atoms with Gasteiger partial charge < -0.3 is 49.0 Å². The number of nitrogens with zero attached hydrogens (tertiary/aromatic N) is 15. The second-order valence-electron chi connectivity index (χ2n) is 36.7. The van der Waals surface area contributed by atoms with Crippen LogP contribution in [0, 0.1) is 91.3 Å². The van der Waals surface area contributed by atoms with Crippen LogP contribution < -0.4 is 49.0 Å². The number of para-hydroxylation sites is 12. The maximum Gasteiger partial charge on any atom is 0.108 e. The molecule has 15 heteroatoms. The van der Waals surface area contributed by atoms with Gasteiger partial charge in [-0.15, -0.1) is 0 Å². The van der Waals surface area contributed by atoms with E-state index in [1.165, 1.54) is 133 Å². The van der Waals surface area contributed by atoms with Crippen molar-refractivity contribution >= 4 is 96.7 Å². The Kier molecular flexibility index (Phi) is 27.2. The molecule has 1 aliphatic carbocycles. The molecular weight excluding hydrogens is 1640 g/mol. The molecule has 0 radical (unpaired) electrons. The molecule has 6 aliphatic rings. The minimum Gasteiger partial charge on any atom is -0.353 e. The van der Waals surface area contributed by atoms with Gasteiger partial charge in [0, 0.05) is 58.7 Å². The first-order valence-electron chi connectivity index (χ1n) is 47.1. The Labute approximate surface area is 793 Å². The predicted molar refractivity (Wildman–Crippen MR) is 557 cm³/mol. The number of aryl methyl sites for hydroxylation is 5. The van der Waals surface area contributed by atoms with Crippen LogP contribution in [0.4, 0.5) is 96.7 Å². The van der Waals surface area contributed by atoms with E-state index >= 15 is 0 Å². The Morgan fingerprint density at radius 3 is 0.955 bits per heavy atom. The highest BCUT2D eigenvalue weighted by Gasteiger charge is 2.43. The maximum atomic E-state index is 9.63. The van der Waals surface area contributed by atoms with Crippen LogP contribution in [-0.2, 0) is 0 Å². The molecule has 1 saturated carbocycles. The van der Waals surface area contributed by atoms with E-state index < -0.39 is 0 Å². The molecule has 5 aliphatic heterocycles. The van der Waals surface area contributed by atoms with Crippen LogP contribution >= 0.6 is 0 Å². The maximum absolute atomic E-state index is 9.63.